The van der Waals surface area contributed by atoms with Crippen molar-refractivity contribution in [1.29, 1.82) is 0 Å². The van der Waals surface area contributed by atoms with Gasteiger partial charge in [-0.2, -0.15) is 0 Å². The zero-order chi connectivity index (χ0) is 27.7. The van der Waals surface area contributed by atoms with Gasteiger partial charge in [0.1, 0.15) is 17.1 Å². The lowest BCUT2D eigenvalue weighted by Crippen LogP contribution is -2.53. The predicted molar refractivity (Wildman–Crippen MR) is 146 cm³/mol. The van der Waals surface area contributed by atoms with Gasteiger partial charge >= 0.3 is 11.9 Å². The number of hydrogen-bond donors (Lipinski definition) is 2. The summed E-state index contributed by atoms with van der Waals surface area (Å²) in [5.74, 6) is -0.604. The first kappa shape index (κ1) is 27.3. The maximum atomic E-state index is 13.5. The van der Waals surface area contributed by atoms with E-state index in [0.29, 0.717) is 45.6 Å². The number of methoxy groups -OCH3 is 2. The second-order valence-electron chi connectivity index (χ2n) is 9.99. The number of aryl methyl sites for hydroxylation is 1. The summed E-state index contributed by atoms with van der Waals surface area (Å²) < 4.78 is 17.1. The molecule has 1 saturated heterocycles. The molecule has 2 aliphatic rings. The van der Waals surface area contributed by atoms with Crippen molar-refractivity contribution in [1.82, 2.24) is 9.97 Å². The van der Waals surface area contributed by atoms with E-state index in [1.165, 1.54) is 19.2 Å². The maximum absolute atomic E-state index is 13.5. The van der Waals surface area contributed by atoms with Gasteiger partial charge in [-0.1, -0.05) is 36.2 Å². The van der Waals surface area contributed by atoms with Gasteiger partial charge in [0.25, 0.3) is 0 Å². The third kappa shape index (κ3) is 5.45. The van der Waals surface area contributed by atoms with Crippen molar-refractivity contribution in [2.75, 3.05) is 14.2 Å². The van der Waals surface area contributed by atoms with Crippen molar-refractivity contribution >= 4 is 52.1 Å². The number of esters is 1. The van der Waals surface area contributed by atoms with Crippen LogP contribution in [0.1, 0.15) is 54.4 Å². The molecule has 2 unspecified atom stereocenters. The zero-order valence-corrected chi connectivity index (χ0v) is 23.2. The number of nitrogens with zero attached hydrogens (tertiary/aromatic N) is 1. The van der Waals surface area contributed by atoms with Crippen LogP contribution in [0.4, 0.5) is 0 Å². The Bertz CT molecular complexity index is 1410. The highest BCUT2D eigenvalue weighted by Crippen LogP contribution is 2.46. The number of benzene rings is 2. The third-order valence-electron chi connectivity index (χ3n) is 7.69. The number of hydrogen-bond acceptors (Lipinski definition) is 8. The first-order valence-corrected chi connectivity index (χ1v) is 14.0. The van der Waals surface area contributed by atoms with Crippen LogP contribution in [-0.2, 0) is 20.7 Å². The molecule has 11 heteroatoms. The number of carbonyl (C=O) groups excluding carboxylic acids is 2. The van der Waals surface area contributed by atoms with Crippen molar-refractivity contribution in [2.24, 2.45) is 5.92 Å². The summed E-state index contributed by atoms with van der Waals surface area (Å²) in [4.78, 5) is 45.6. The average Bonchev–Trinajstić information content (AvgIpc) is 3.59. The van der Waals surface area contributed by atoms with Crippen molar-refractivity contribution in [3.8, 4) is 11.5 Å². The summed E-state index contributed by atoms with van der Waals surface area (Å²) >= 11 is 7.38. The van der Waals surface area contributed by atoms with Gasteiger partial charge in [0.2, 0.25) is 0 Å². The molecule has 0 spiro atoms. The molecule has 39 heavy (non-hydrogen) atoms. The molecule has 1 aliphatic heterocycles. The van der Waals surface area contributed by atoms with Crippen molar-refractivity contribution < 1.29 is 33.7 Å². The lowest BCUT2D eigenvalue weighted by atomic mass is 9.76. The zero-order valence-electron chi connectivity index (χ0n) is 21.6. The van der Waals surface area contributed by atoms with Crippen LogP contribution >= 0.6 is 23.4 Å². The minimum atomic E-state index is -1.05. The molecule has 2 N–H and O–H groups in total. The van der Waals surface area contributed by atoms with Crippen LogP contribution in [0.5, 0.6) is 11.5 Å². The smallest absolute Gasteiger partial charge is 0.335 e. The SMILES string of the molecule is COc1cc(OC)c(CCC2(C3CCCC3)CC(=O)C(Sc3nc4ccc(C(=O)O)cc4[nH]3)C(=O)O2)cc1Cl. The van der Waals surface area contributed by atoms with Crippen LogP contribution in [0.3, 0.4) is 0 Å². The Balaban J connectivity index is 1.36. The normalized spacial score (nSPS) is 21.8. The number of fused-ring (bicyclic) bond motifs is 1. The van der Waals surface area contributed by atoms with Gasteiger partial charge in [-0.3, -0.25) is 9.59 Å². The summed E-state index contributed by atoms with van der Waals surface area (Å²) in [5, 5.41) is 9.00. The molecule has 2 heterocycles. The lowest BCUT2D eigenvalue weighted by Gasteiger charge is -2.42. The number of rotatable bonds is 9. The van der Waals surface area contributed by atoms with Crippen LogP contribution in [0.2, 0.25) is 5.02 Å². The van der Waals surface area contributed by atoms with Gasteiger partial charge in [0.05, 0.1) is 35.8 Å². The fourth-order valence-corrected chi connectivity index (χ4v) is 6.86. The fraction of sp³-hybridized carbons (Fsp3) is 0.429. The molecule has 2 atom stereocenters. The largest absolute Gasteiger partial charge is 0.496 e. The molecule has 0 radical (unpaired) electrons. The minimum Gasteiger partial charge on any atom is -0.496 e. The van der Waals surface area contributed by atoms with Crippen molar-refractivity contribution in [3.63, 3.8) is 0 Å². The predicted octanol–water partition coefficient (Wildman–Crippen LogP) is 5.47. The highest BCUT2D eigenvalue weighted by molar-refractivity contribution is 8.01. The second kappa shape index (κ2) is 11.1. The Labute approximate surface area is 234 Å². The molecule has 2 aromatic carbocycles. The van der Waals surface area contributed by atoms with Gasteiger partial charge in [-0.25, -0.2) is 9.78 Å². The number of cyclic esters (lactones) is 1. The fourth-order valence-electron chi connectivity index (χ4n) is 5.70. The molecule has 1 saturated carbocycles. The molecule has 3 aromatic rings. The number of carbonyl (C=O) groups is 3. The van der Waals surface area contributed by atoms with E-state index >= 15 is 0 Å². The molecule has 1 aliphatic carbocycles. The van der Waals surface area contributed by atoms with E-state index in [9.17, 15) is 19.5 Å². The highest BCUT2D eigenvalue weighted by atomic mass is 35.5. The number of aromatic nitrogens is 2. The van der Waals surface area contributed by atoms with Gasteiger partial charge in [-0.05, 0) is 61.4 Å². The maximum Gasteiger partial charge on any atom is 0.335 e. The Morgan fingerprint density at radius 3 is 2.59 bits per heavy atom. The Kier molecular flexibility index (Phi) is 7.77. The molecule has 0 bridgehead atoms. The van der Waals surface area contributed by atoms with Crippen molar-refractivity contribution in [3.05, 3.63) is 46.5 Å². The van der Waals surface area contributed by atoms with E-state index in [4.69, 9.17) is 25.8 Å². The number of H-pyrrole nitrogens is 1. The number of ketones is 1. The molecule has 1 aromatic heterocycles. The van der Waals surface area contributed by atoms with Gasteiger partial charge in [-0.15, -0.1) is 0 Å². The number of imidazole rings is 1. The number of nitrogens with one attached hydrogen (secondary N) is 1. The molecule has 5 rings (SSSR count). The van der Waals surface area contributed by atoms with E-state index in [2.05, 4.69) is 9.97 Å². The van der Waals surface area contributed by atoms with Crippen LogP contribution in [0.25, 0.3) is 11.0 Å². The van der Waals surface area contributed by atoms with Gasteiger partial charge in [0, 0.05) is 12.5 Å². The van der Waals surface area contributed by atoms with Crippen LogP contribution in [-0.4, -0.2) is 57.9 Å². The average molecular weight is 573 g/mol. The van der Waals surface area contributed by atoms with E-state index in [1.807, 2.05) is 0 Å². The van der Waals surface area contributed by atoms with E-state index in [1.54, 1.807) is 25.3 Å². The number of ether oxygens (including phenoxy) is 3. The Morgan fingerprint density at radius 2 is 1.92 bits per heavy atom. The third-order valence-corrected chi connectivity index (χ3v) is 9.09. The van der Waals surface area contributed by atoms with Crippen LogP contribution in [0.15, 0.2) is 35.5 Å². The van der Waals surface area contributed by atoms with Crippen LogP contribution < -0.4 is 9.47 Å². The number of Topliss-reactive ketones (excluding diaryl/α,β-unsaturated/α-hetero) is 1. The van der Waals surface area contributed by atoms with E-state index in [-0.39, 0.29) is 23.7 Å². The highest BCUT2D eigenvalue weighted by Gasteiger charge is 2.52. The molecular weight excluding hydrogens is 544 g/mol. The monoisotopic (exact) mass is 572 g/mol. The summed E-state index contributed by atoms with van der Waals surface area (Å²) in [6.45, 7) is 0. The quantitative estimate of drug-likeness (QED) is 0.253. The second-order valence-corrected chi connectivity index (χ2v) is 11.5. The number of carboxylic acid groups (broad SMARTS) is 1. The number of halogens is 1. The Hall–Kier alpha value is -3.24. The molecule has 2 fully saturated rings. The number of thioether (sulfide) groups is 1. The molecule has 9 nitrogen and oxygen atoms in total. The van der Waals surface area contributed by atoms with Crippen LogP contribution in [0, 0.1) is 5.92 Å². The number of aromatic amines is 1. The summed E-state index contributed by atoms with van der Waals surface area (Å²) in [6.07, 6.45) is 4.96. The standard InChI is InChI=1S/C28H29ClN2O7S/c1-36-22-13-23(37-2)18(29)11-15(22)9-10-28(17-5-3-4-6-17)14-21(32)24(26(35)38-28)39-27-30-19-8-7-16(25(33)34)12-20(19)31-27/h7-8,11-13,17,24H,3-6,9-10,14H2,1-2H3,(H,30,31)(H,33,34). The molecule has 206 valence electrons. The Morgan fingerprint density at radius 1 is 1.18 bits per heavy atom. The van der Waals surface area contributed by atoms with E-state index < -0.39 is 22.8 Å². The number of carboxylic acids is 1. The summed E-state index contributed by atoms with van der Waals surface area (Å²) in [6, 6.07) is 8.05. The summed E-state index contributed by atoms with van der Waals surface area (Å²) in [7, 11) is 3.11. The number of aromatic carboxylic acids is 1. The minimum absolute atomic E-state index is 0.0942. The van der Waals surface area contributed by atoms with E-state index in [0.717, 1.165) is 43.0 Å². The topological polar surface area (TPSA) is 128 Å². The van der Waals surface area contributed by atoms with Gasteiger partial charge in [0.15, 0.2) is 16.2 Å². The van der Waals surface area contributed by atoms with Crippen molar-refractivity contribution in [2.45, 2.75) is 61.0 Å². The molecule has 0 amide bonds. The van der Waals surface area contributed by atoms with Gasteiger partial charge < -0.3 is 24.3 Å². The summed E-state index contributed by atoms with van der Waals surface area (Å²) in [5.41, 5.74) is 1.13. The lowest BCUT2D eigenvalue weighted by molar-refractivity contribution is -0.177. The first-order valence-electron chi connectivity index (χ1n) is 12.8. The first-order chi connectivity index (χ1) is 18.7. The molecular formula is C28H29ClN2O7S.